The van der Waals surface area contributed by atoms with Crippen LogP contribution in [0.4, 0.5) is 10.2 Å². The van der Waals surface area contributed by atoms with Crippen molar-refractivity contribution in [2.75, 3.05) is 25.0 Å². The first-order valence-electron chi connectivity index (χ1n) is 12.9. The van der Waals surface area contributed by atoms with Gasteiger partial charge in [-0.3, -0.25) is 9.59 Å². The Kier molecular flexibility index (Phi) is 7.58. The number of piperidine rings is 1. The number of carboxylic acids is 1. The molecule has 5 rings (SSSR count). The molecule has 0 radical (unpaired) electrons. The number of benzene rings is 3. The van der Waals surface area contributed by atoms with Gasteiger partial charge in [0.15, 0.2) is 5.82 Å². The van der Waals surface area contributed by atoms with Gasteiger partial charge in [-0.05, 0) is 61.1 Å². The van der Waals surface area contributed by atoms with Crippen LogP contribution < -0.4 is 5.32 Å². The molecule has 0 spiro atoms. The maximum absolute atomic E-state index is 13.3. The fourth-order valence-electron chi connectivity index (χ4n) is 4.89. The van der Waals surface area contributed by atoms with Gasteiger partial charge in [0.25, 0.3) is 5.91 Å². The summed E-state index contributed by atoms with van der Waals surface area (Å²) in [7, 11) is 0. The summed E-state index contributed by atoms with van der Waals surface area (Å²) in [6.45, 7) is 1.70. The minimum Gasteiger partial charge on any atom is -0.481 e. The van der Waals surface area contributed by atoms with Crippen molar-refractivity contribution in [1.82, 2.24) is 14.9 Å². The minimum absolute atomic E-state index is 0.0469. The van der Waals surface area contributed by atoms with Crippen molar-refractivity contribution in [3.63, 3.8) is 0 Å². The summed E-state index contributed by atoms with van der Waals surface area (Å²) in [6, 6.07) is 21.7. The zero-order chi connectivity index (χ0) is 26.5. The predicted octanol–water partition coefficient (Wildman–Crippen LogP) is 5.73. The Morgan fingerprint density at radius 1 is 0.947 bits per heavy atom. The van der Waals surface area contributed by atoms with E-state index in [1.165, 1.54) is 12.1 Å². The maximum Gasteiger partial charge on any atom is 0.303 e. The number of amides is 1. The van der Waals surface area contributed by atoms with E-state index in [2.05, 4.69) is 5.32 Å². The van der Waals surface area contributed by atoms with E-state index >= 15 is 0 Å². The summed E-state index contributed by atoms with van der Waals surface area (Å²) in [5.41, 5.74) is 4.50. The number of aliphatic carboxylic acids is 1. The van der Waals surface area contributed by atoms with Crippen molar-refractivity contribution < 1.29 is 19.1 Å². The molecule has 1 saturated heterocycles. The molecule has 3 aromatic carbocycles. The van der Waals surface area contributed by atoms with Crippen molar-refractivity contribution in [3.05, 3.63) is 89.7 Å². The van der Waals surface area contributed by atoms with E-state index in [0.29, 0.717) is 60.1 Å². The van der Waals surface area contributed by atoms with Crippen LogP contribution in [0.2, 0.25) is 0 Å². The molecule has 0 bridgehead atoms. The molecule has 1 fully saturated rings. The van der Waals surface area contributed by atoms with Gasteiger partial charge in [-0.2, -0.15) is 0 Å². The van der Waals surface area contributed by atoms with Crippen molar-refractivity contribution >= 4 is 28.7 Å². The Bertz CT molecular complexity index is 1440. The first kappa shape index (κ1) is 25.3. The molecule has 0 unspecified atom stereocenters. The number of nitrogens with zero attached hydrogens (tertiary/aromatic N) is 3. The summed E-state index contributed by atoms with van der Waals surface area (Å²) in [5.74, 6) is -0.263. The maximum atomic E-state index is 13.3. The van der Waals surface area contributed by atoms with Gasteiger partial charge < -0.3 is 15.3 Å². The Hall–Kier alpha value is -4.33. The SMILES string of the molecule is O=C(O)CCCNc1nc2cc(C(=O)N3CCC(c4ccc(F)cc4)CC3)ccc2nc1-c1ccccc1. The number of nitrogens with one attached hydrogen (secondary N) is 1. The number of hydrogen-bond donors (Lipinski definition) is 2. The van der Waals surface area contributed by atoms with Crippen molar-refractivity contribution in [1.29, 1.82) is 0 Å². The van der Waals surface area contributed by atoms with Crippen LogP contribution in [0.1, 0.15) is 47.5 Å². The quantitative estimate of drug-likeness (QED) is 0.293. The smallest absolute Gasteiger partial charge is 0.303 e. The summed E-state index contributed by atoms with van der Waals surface area (Å²) < 4.78 is 13.3. The van der Waals surface area contributed by atoms with Gasteiger partial charge in [0, 0.05) is 37.2 Å². The topological polar surface area (TPSA) is 95.4 Å². The lowest BCUT2D eigenvalue weighted by Crippen LogP contribution is -2.37. The summed E-state index contributed by atoms with van der Waals surface area (Å²) >= 11 is 0. The second-order valence-electron chi connectivity index (χ2n) is 9.53. The summed E-state index contributed by atoms with van der Waals surface area (Å²) in [6.07, 6.45) is 2.17. The Balaban J connectivity index is 1.35. The van der Waals surface area contributed by atoms with Gasteiger partial charge in [0.05, 0.1) is 11.0 Å². The molecule has 4 aromatic rings. The fraction of sp³-hybridized carbons (Fsp3) is 0.267. The molecule has 194 valence electrons. The van der Waals surface area contributed by atoms with Crippen LogP contribution in [-0.4, -0.2) is 51.5 Å². The van der Waals surface area contributed by atoms with Crippen LogP contribution in [0.3, 0.4) is 0 Å². The summed E-state index contributed by atoms with van der Waals surface area (Å²) in [5, 5.41) is 12.2. The highest BCUT2D eigenvalue weighted by Crippen LogP contribution is 2.30. The van der Waals surface area contributed by atoms with Crippen LogP contribution in [0, 0.1) is 5.82 Å². The lowest BCUT2D eigenvalue weighted by atomic mass is 9.89. The van der Waals surface area contributed by atoms with Gasteiger partial charge in [-0.1, -0.05) is 42.5 Å². The van der Waals surface area contributed by atoms with E-state index in [9.17, 15) is 14.0 Å². The third kappa shape index (κ3) is 5.80. The van der Waals surface area contributed by atoms with Crippen LogP contribution in [-0.2, 0) is 4.79 Å². The molecule has 0 atom stereocenters. The molecule has 8 heteroatoms. The van der Waals surface area contributed by atoms with E-state index in [-0.39, 0.29) is 18.1 Å². The van der Waals surface area contributed by atoms with Gasteiger partial charge in [-0.15, -0.1) is 0 Å². The fourth-order valence-corrected chi connectivity index (χ4v) is 4.89. The third-order valence-electron chi connectivity index (χ3n) is 6.94. The Morgan fingerprint density at radius 3 is 2.39 bits per heavy atom. The molecule has 2 heterocycles. The van der Waals surface area contributed by atoms with E-state index < -0.39 is 5.97 Å². The number of halogens is 1. The number of carboxylic acid groups (broad SMARTS) is 1. The largest absolute Gasteiger partial charge is 0.481 e. The first-order valence-corrected chi connectivity index (χ1v) is 12.9. The standard InChI is InChI=1S/C30H29FN4O3/c31-24-11-8-20(9-12-24)21-14-17-35(18-15-21)30(38)23-10-13-25-26(19-23)34-29(32-16-4-7-27(36)37)28(33-25)22-5-2-1-3-6-22/h1-3,5-6,8-13,19,21H,4,7,14-18H2,(H,32,34)(H,36,37). The molecule has 0 saturated carbocycles. The lowest BCUT2D eigenvalue weighted by molar-refractivity contribution is -0.137. The number of anilines is 1. The minimum atomic E-state index is -0.843. The van der Waals surface area contributed by atoms with Crippen LogP contribution in [0.25, 0.3) is 22.3 Å². The van der Waals surface area contributed by atoms with E-state index in [0.717, 1.165) is 24.0 Å². The van der Waals surface area contributed by atoms with Gasteiger partial charge in [0.1, 0.15) is 11.5 Å². The van der Waals surface area contributed by atoms with Gasteiger partial charge >= 0.3 is 5.97 Å². The molecule has 1 aliphatic heterocycles. The second kappa shape index (κ2) is 11.4. The average molecular weight is 513 g/mol. The molecular formula is C30H29FN4O3. The molecular weight excluding hydrogens is 483 g/mol. The Morgan fingerprint density at radius 2 is 1.68 bits per heavy atom. The third-order valence-corrected chi connectivity index (χ3v) is 6.94. The zero-order valence-corrected chi connectivity index (χ0v) is 20.9. The molecule has 7 nitrogen and oxygen atoms in total. The zero-order valence-electron chi connectivity index (χ0n) is 20.9. The van der Waals surface area contributed by atoms with Crippen LogP contribution in [0.5, 0.6) is 0 Å². The highest BCUT2D eigenvalue weighted by atomic mass is 19.1. The number of hydrogen-bond acceptors (Lipinski definition) is 5. The number of fused-ring (bicyclic) bond motifs is 1. The molecule has 2 N–H and O–H groups in total. The number of carbonyl (C=O) groups excluding carboxylic acids is 1. The average Bonchev–Trinajstić information content (AvgIpc) is 2.95. The number of rotatable bonds is 8. The number of aromatic nitrogens is 2. The van der Waals surface area contributed by atoms with Crippen molar-refractivity contribution in [3.8, 4) is 11.3 Å². The second-order valence-corrected chi connectivity index (χ2v) is 9.53. The molecule has 0 aliphatic carbocycles. The first-order chi connectivity index (χ1) is 18.5. The van der Waals surface area contributed by atoms with Crippen molar-refractivity contribution in [2.45, 2.75) is 31.6 Å². The summed E-state index contributed by atoms with van der Waals surface area (Å²) in [4.78, 5) is 35.7. The molecule has 1 aliphatic rings. The normalized spacial score (nSPS) is 14.0. The van der Waals surface area contributed by atoms with E-state index in [1.54, 1.807) is 12.1 Å². The number of likely N-dealkylation sites (tertiary alicyclic amines) is 1. The molecule has 1 aromatic heterocycles. The highest BCUT2D eigenvalue weighted by molar-refractivity contribution is 5.98. The van der Waals surface area contributed by atoms with E-state index in [4.69, 9.17) is 15.1 Å². The van der Waals surface area contributed by atoms with Gasteiger partial charge in [-0.25, -0.2) is 14.4 Å². The van der Waals surface area contributed by atoms with Crippen molar-refractivity contribution in [2.24, 2.45) is 0 Å². The van der Waals surface area contributed by atoms with Gasteiger partial charge in [0.2, 0.25) is 0 Å². The lowest BCUT2D eigenvalue weighted by Gasteiger charge is -2.32. The molecule has 38 heavy (non-hydrogen) atoms. The monoisotopic (exact) mass is 512 g/mol. The molecule has 1 amide bonds. The number of carbonyl (C=O) groups is 2. The van der Waals surface area contributed by atoms with Crippen LogP contribution >= 0.6 is 0 Å². The van der Waals surface area contributed by atoms with E-state index in [1.807, 2.05) is 53.4 Å². The predicted molar refractivity (Wildman–Crippen MR) is 145 cm³/mol. The highest BCUT2D eigenvalue weighted by Gasteiger charge is 2.25. The Labute approximate surface area is 220 Å². The van der Waals surface area contributed by atoms with Crippen LogP contribution in [0.15, 0.2) is 72.8 Å².